The fraction of sp³-hybridized carbons (Fsp3) is 0.316. The molecule has 0 aliphatic rings. The van der Waals surface area contributed by atoms with Crippen LogP contribution in [0.25, 0.3) is 10.2 Å². The van der Waals surface area contributed by atoms with Crippen LogP contribution in [0.3, 0.4) is 0 Å². The number of benzene rings is 2. The van der Waals surface area contributed by atoms with Gasteiger partial charge in [0.25, 0.3) is 0 Å². The van der Waals surface area contributed by atoms with Crippen molar-refractivity contribution in [3.63, 3.8) is 0 Å². The summed E-state index contributed by atoms with van der Waals surface area (Å²) in [6, 6.07) is 13.3. The number of thiazole rings is 1. The van der Waals surface area contributed by atoms with Crippen LogP contribution in [0.2, 0.25) is 0 Å². The van der Waals surface area contributed by atoms with E-state index < -0.39 is 15.3 Å². The van der Waals surface area contributed by atoms with Gasteiger partial charge in [-0.25, -0.2) is 18.5 Å². The summed E-state index contributed by atoms with van der Waals surface area (Å²) >= 11 is 3.26. The number of primary sulfonamides is 1. The van der Waals surface area contributed by atoms with Gasteiger partial charge in [0.1, 0.15) is 11.0 Å². The summed E-state index contributed by atoms with van der Waals surface area (Å²) in [5, 5.41) is 4.83. The van der Waals surface area contributed by atoms with Crippen molar-refractivity contribution in [2.45, 2.75) is 29.4 Å². The average molecular weight is 423 g/mol. The van der Waals surface area contributed by atoms with Crippen LogP contribution in [0.4, 0.5) is 0 Å². The second kappa shape index (κ2) is 8.60. The highest BCUT2D eigenvalue weighted by atomic mass is 32.2. The highest BCUT2D eigenvalue weighted by Crippen LogP contribution is 2.34. The molecule has 0 saturated carbocycles. The molecule has 0 spiro atoms. The summed E-state index contributed by atoms with van der Waals surface area (Å²) in [6.07, 6.45) is 1.23. The summed E-state index contributed by atoms with van der Waals surface area (Å²) in [4.78, 5) is 4.61. The summed E-state index contributed by atoms with van der Waals surface area (Å²) in [5.74, 6) is 1.60. The lowest BCUT2D eigenvalue weighted by Gasteiger charge is -2.17. The number of fused-ring (bicyclic) bond motifs is 1. The molecule has 5 nitrogen and oxygen atoms in total. The predicted octanol–water partition coefficient (Wildman–Crippen LogP) is 4.52. The number of rotatable bonds is 8. The summed E-state index contributed by atoms with van der Waals surface area (Å²) < 4.78 is 31.4. The Bertz CT molecular complexity index is 1030. The molecule has 1 atom stereocenters. The van der Waals surface area contributed by atoms with E-state index in [-0.39, 0.29) is 0 Å². The normalized spacial score (nSPS) is 13.0. The number of hydrogen-bond acceptors (Lipinski definition) is 6. The molecule has 3 aromatic rings. The highest BCUT2D eigenvalue weighted by molar-refractivity contribution is 8.01. The first kappa shape index (κ1) is 20.1. The van der Waals surface area contributed by atoms with Gasteiger partial charge in [0.15, 0.2) is 4.34 Å². The number of hydrogen-bond donors (Lipinski definition) is 1. The van der Waals surface area contributed by atoms with Crippen LogP contribution in [0, 0.1) is 6.92 Å². The topological polar surface area (TPSA) is 82.3 Å². The Balaban J connectivity index is 1.63. The molecular formula is C19H22N2O3S3. The highest BCUT2D eigenvalue weighted by Gasteiger charge is 2.24. The van der Waals surface area contributed by atoms with E-state index >= 15 is 0 Å². The van der Waals surface area contributed by atoms with Crippen LogP contribution in [-0.2, 0) is 10.0 Å². The lowest BCUT2D eigenvalue weighted by Crippen LogP contribution is -2.22. The van der Waals surface area contributed by atoms with Gasteiger partial charge in [-0.3, -0.25) is 0 Å². The molecule has 1 aromatic heterocycles. The largest absolute Gasteiger partial charge is 0.497 e. The van der Waals surface area contributed by atoms with Gasteiger partial charge in [-0.2, -0.15) is 0 Å². The van der Waals surface area contributed by atoms with Gasteiger partial charge in [-0.1, -0.05) is 36.0 Å². The van der Waals surface area contributed by atoms with E-state index in [1.54, 1.807) is 30.2 Å². The zero-order chi connectivity index (χ0) is 19.4. The summed E-state index contributed by atoms with van der Waals surface area (Å²) in [7, 11) is -2.00. The van der Waals surface area contributed by atoms with E-state index in [0.717, 1.165) is 43.6 Å². The molecular weight excluding hydrogens is 400 g/mol. The third-order valence-electron chi connectivity index (χ3n) is 4.34. The van der Waals surface area contributed by atoms with Crippen LogP contribution in [0.15, 0.2) is 46.8 Å². The fourth-order valence-corrected chi connectivity index (χ4v) is 6.19. The Labute approximate surface area is 168 Å². The van der Waals surface area contributed by atoms with E-state index in [1.165, 1.54) is 0 Å². The second-order valence-corrected chi connectivity index (χ2v) is 10.4. The maximum absolute atomic E-state index is 12.1. The fourth-order valence-electron chi connectivity index (χ4n) is 2.95. The third-order valence-corrected chi connectivity index (χ3v) is 7.87. The molecule has 2 aromatic carbocycles. The van der Waals surface area contributed by atoms with Crippen molar-refractivity contribution in [1.29, 1.82) is 0 Å². The maximum Gasteiger partial charge on any atom is 0.216 e. The third kappa shape index (κ3) is 5.01. The molecule has 0 aliphatic heterocycles. The standard InChI is InChI=1S/C19H22N2O3S3/c1-13-6-3-4-7-15(13)18(27(20,22)23)8-5-11-25-19-21-16-10-9-14(24-2)12-17(16)26-19/h3-4,6-7,9-10,12,18H,5,8,11H2,1-2H3,(H2,20,22,23). The number of sulfonamides is 1. The van der Waals surface area contributed by atoms with Gasteiger partial charge < -0.3 is 4.74 Å². The van der Waals surface area contributed by atoms with Crippen molar-refractivity contribution in [2.24, 2.45) is 5.14 Å². The number of thioether (sulfide) groups is 1. The maximum atomic E-state index is 12.1. The summed E-state index contributed by atoms with van der Waals surface area (Å²) in [5.41, 5.74) is 2.69. The molecule has 1 unspecified atom stereocenters. The Kier molecular flexibility index (Phi) is 6.41. The molecule has 0 saturated heterocycles. The SMILES string of the molecule is COc1ccc2nc(SCCCC(c3ccccc3C)S(N)(=O)=O)sc2c1. The van der Waals surface area contributed by atoms with Crippen LogP contribution in [0.5, 0.6) is 5.75 Å². The first-order valence-electron chi connectivity index (χ1n) is 8.53. The van der Waals surface area contributed by atoms with Gasteiger partial charge in [0, 0.05) is 5.75 Å². The molecule has 0 aliphatic carbocycles. The average Bonchev–Trinajstić information content (AvgIpc) is 3.03. The van der Waals surface area contributed by atoms with Gasteiger partial charge >= 0.3 is 0 Å². The van der Waals surface area contributed by atoms with E-state index in [1.807, 2.05) is 49.4 Å². The Morgan fingerprint density at radius 2 is 2.04 bits per heavy atom. The number of aryl methyl sites for hydroxylation is 1. The number of ether oxygens (including phenoxy) is 1. The number of aromatic nitrogens is 1. The molecule has 0 amide bonds. The van der Waals surface area contributed by atoms with Crippen molar-refractivity contribution in [2.75, 3.05) is 12.9 Å². The number of nitrogens with zero attached hydrogens (tertiary/aromatic N) is 1. The van der Waals surface area contributed by atoms with Gasteiger partial charge in [0.2, 0.25) is 10.0 Å². The van der Waals surface area contributed by atoms with Crippen LogP contribution >= 0.6 is 23.1 Å². The van der Waals surface area contributed by atoms with Crippen molar-refractivity contribution >= 4 is 43.3 Å². The molecule has 0 fully saturated rings. The Morgan fingerprint density at radius 1 is 1.26 bits per heavy atom. The smallest absolute Gasteiger partial charge is 0.216 e. The number of nitrogens with two attached hydrogens (primary N) is 1. The Hall–Kier alpha value is -1.61. The molecule has 3 rings (SSSR count). The zero-order valence-electron chi connectivity index (χ0n) is 15.2. The number of methoxy groups -OCH3 is 1. The quantitative estimate of drug-likeness (QED) is 0.426. The molecule has 1 heterocycles. The lowest BCUT2D eigenvalue weighted by atomic mass is 10.0. The van der Waals surface area contributed by atoms with Crippen molar-refractivity contribution in [3.05, 3.63) is 53.6 Å². The monoisotopic (exact) mass is 422 g/mol. The molecule has 0 bridgehead atoms. The molecule has 8 heteroatoms. The minimum atomic E-state index is -3.65. The molecule has 0 radical (unpaired) electrons. The van der Waals surface area contributed by atoms with Gasteiger partial charge in [-0.05, 0) is 49.1 Å². The van der Waals surface area contributed by atoms with E-state index in [0.29, 0.717) is 6.42 Å². The first-order valence-corrected chi connectivity index (χ1v) is 11.9. The predicted molar refractivity (Wildman–Crippen MR) is 113 cm³/mol. The van der Waals surface area contributed by atoms with Crippen LogP contribution in [-0.4, -0.2) is 26.3 Å². The van der Waals surface area contributed by atoms with Crippen LogP contribution in [0.1, 0.15) is 29.2 Å². The first-order chi connectivity index (χ1) is 12.9. The molecule has 2 N–H and O–H groups in total. The molecule has 27 heavy (non-hydrogen) atoms. The minimum absolute atomic E-state index is 0.495. The van der Waals surface area contributed by atoms with Crippen molar-refractivity contribution < 1.29 is 13.2 Å². The van der Waals surface area contributed by atoms with Crippen LogP contribution < -0.4 is 9.88 Å². The van der Waals surface area contributed by atoms with Gasteiger partial charge in [0.05, 0.1) is 17.3 Å². The molecule has 144 valence electrons. The Morgan fingerprint density at radius 3 is 2.74 bits per heavy atom. The van der Waals surface area contributed by atoms with Crippen molar-refractivity contribution in [3.8, 4) is 5.75 Å². The van der Waals surface area contributed by atoms with E-state index in [2.05, 4.69) is 4.98 Å². The second-order valence-electron chi connectivity index (χ2n) is 6.24. The lowest BCUT2D eigenvalue weighted by molar-refractivity contribution is 0.415. The van der Waals surface area contributed by atoms with Crippen molar-refractivity contribution in [1.82, 2.24) is 4.98 Å². The van der Waals surface area contributed by atoms with E-state index in [9.17, 15) is 8.42 Å². The van der Waals surface area contributed by atoms with E-state index in [4.69, 9.17) is 9.88 Å². The summed E-state index contributed by atoms with van der Waals surface area (Å²) in [6.45, 7) is 1.91. The van der Waals surface area contributed by atoms with Gasteiger partial charge in [-0.15, -0.1) is 11.3 Å². The minimum Gasteiger partial charge on any atom is -0.497 e. The zero-order valence-corrected chi connectivity index (χ0v) is 17.7.